The van der Waals surface area contributed by atoms with Crippen LogP contribution in [0.4, 0.5) is 5.69 Å². The highest BCUT2D eigenvalue weighted by Gasteiger charge is 2.08. The molecule has 1 aromatic heterocycles. The van der Waals surface area contributed by atoms with Crippen molar-refractivity contribution in [2.75, 3.05) is 12.8 Å². The van der Waals surface area contributed by atoms with Gasteiger partial charge in [0.25, 0.3) is 0 Å². The quantitative estimate of drug-likeness (QED) is 0.896. The average Bonchev–Trinajstić information content (AvgIpc) is 2.39. The highest BCUT2D eigenvalue weighted by atomic mass is 16.5. The third kappa shape index (κ3) is 2.45. The molecule has 0 unspecified atom stereocenters. The first-order valence-electron chi connectivity index (χ1n) is 6.01. The number of benzene rings is 1. The van der Waals surface area contributed by atoms with Crippen LogP contribution in [0.2, 0.25) is 0 Å². The maximum Gasteiger partial charge on any atom is 0.221 e. The van der Waals surface area contributed by atoms with Crippen LogP contribution in [0.25, 0.3) is 11.1 Å². The summed E-state index contributed by atoms with van der Waals surface area (Å²) in [5.74, 6) is 1.13. The van der Waals surface area contributed by atoms with Crippen molar-refractivity contribution in [1.82, 2.24) is 4.98 Å². The summed E-state index contributed by atoms with van der Waals surface area (Å²) in [4.78, 5) is 4.18. The van der Waals surface area contributed by atoms with Crippen molar-refractivity contribution in [2.24, 2.45) is 0 Å². The summed E-state index contributed by atoms with van der Waals surface area (Å²) in [5.41, 5.74) is 9.72. The first kappa shape index (κ1) is 12.4. The van der Waals surface area contributed by atoms with Crippen molar-refractivity contribution in [3.63, 3.8) is 0 Å². The molecule has 3 nitrogen and oxygen atoms in total. The second-order valence-electron chi connectivity index (χ2n) is 4.60. The van der Waals surface area contributed by atoms with Gasteiger partial charge >= 0.3 is 0 Å². The number of pyridine rings is 1. The van der Waals surface area contributed by atoms with Crippen molar-refractivity contribution in [2.45, 2.75) is 19.8 Å². The highest BCUT2D eigenvalue weighted by Crippen LogP contribution is 2.30. The van der Waals surface area contributed by atoms with E-state index in [9.17, 15) is 0 Å². The predicted octanol–water partition coefficient (Wildman–Crippen LogP) is 3.46. The molecule has 0 aliphatic heterocycles. The fraction of sp³-hybridized carbons (Fsp3) is 0.267. The molecule has 0 amide bonds. The third-order valence-corrected chi connectivity index (χ3v) is 2.95. The van der Waals surface area contributed by atoms with E-state index >= 15 is 0 Å². The van der Waals surface area contributed by atoms with E-state index in [1.807, 2.05) is 6.07 Å². The summed E-state index contributed by atoms with van der Waals surface area (Å²) in [5, 5.41) is 0. The molecule has 0 aliphatic rings. The molecular formula is C15H18N2O. The van der Waals surface area contributed by atoms with E-state index in [1.54, 1.807) is 13.3 Å². The van der Waals surface area contributed by atoms with Gasteiger partial charge in [-0.1, -0.05) is 38.1 Å². The fourth-order valence-electron chi connectivity index (χ4n) is 1.89. The molecule has 0 atom stereocenters. The lowest BCUT2D eigenvalue weighted by Gasteiger charge is -2.10. The Labute approximate surface area is 108 Å². The second-order valence-corrected chi connectivity index (χ2v) is 4.60. The fourth-order valence-corrected chi connectivity index (χ4v) is 1.89. The smallest absolute Gasteiger partial charge is 0.221 e. The van der Waals surface area contributed by atoms with Gasteiger partial charge in [0.1, 0.15) is 0 Å². The molecule has 2 aromatic rings. The number of rotatable bonds is 3. The van der Waals surface area contributed by atoms with Gasteiger partial charge < -0.3 is 10.5 Å². The number of nitrogen functional groups attached to an aromatic ring is 1. The van der Waals surface area contributed by atoms with Crippen molar-refractivity contribution < 1.29 is 4.74 Å². The van der Waals surface area contributed by atoms with Crippen LogP contribution < -0.4 is 10.5 Å². The molecule has 0 fully saturated rings. The summed E-state index contributed by atoms with van der Waals surface area (Å²) < 4.78 is 5.27. The van der Waals surface area contributed by atoms with Crippen molar-refractivity contribution in [3.8, 4) is 17.0 Å². The molecule has 0 bridgehead atoms. The summed E-state index contributed by atoms with van der Waals surface area (Å²) in [6, 6.07) is 10.3. The Bertz CT molecular complexity index is 533. The van der Waals surface area contributed by atoms with Gasteiger partial charge in [0.05, 0.1) is 19.0 Å². The van der Waals surface area contributed by atoms with Crippen LogP contribution in [0, 0.1) is 0 Å². The van der Waals surface area contributed by atoms with Crippen LogP contribution in [0.1, 0.15) is 25.3 Å². The Hall–Kier alpha value is -2.03. The monoisotopic (exact) mass is 242 g/mol. The molecule has 1 aromatic carbocycles. The molecule has 0 spiro atoms. The molecule has 94 valence electrons. The minimum Gasteiger partial charge on any atom is -0.481 e. The van der Waals surface area contributed by atoms with Gasteiger partial charge in [-0.3, -0.25) is 0 Å². The number of nitrogens with zero attached hydrogens (tertiary/aromatic N) is 1. The second kappa shape index (κ2) is 5.08. The first-order valence-corrected chi connectivity index (χ1v) is 6.01. The van der Waals surface area contributed by atoms with Crippen LogP contribution in [0.5, 0.6) is 5.88 Å². The minimum absolute atomic E-state index is 0.528. The van der Waals surface area contributed by atoms with Crippen LogP contribution >= 0.6 is 0 Å². The SMILES string of the molecule is COc1ncc(N)cc1-c1ccc(C(C)C)cc1. The molecule has 0 radical (unpaired) electrons. The molecular weight excluding hydrogens is 224 g/mol. The van der Waals surface area contributed by atoms with Crippen LogP contribution in [0.3, 0.4) is 0 Å². The summed E-state index contributed by atoms with van der Waals surface area (Å²) in [6.07, 6.45) is 1.60. The van der Waals surface area contributed by atoms with Gasteiger partial charge in [-0.05, 0) is 23.1 Å². The topological polar surface area (TPSA) is 48.1 Å². The molecule has 2 N–H and O–H groups in total. The lowest BCUT2D eigenvalue weighted by molar-refractivity contribution is 0.400. The van der Waals surface area contributed by atoms with Crippen molar-refractivity contribution >= 4 is 5.69 Å². The first-order chi connectivity index (χ1) is 8.61. The lowest BCUT2D eigenvalue weighted by atomic mass is 9.99. The maximum atomic E-state index is 5.78. The Balaban J connectivity index is 2.44. The van der Waals surface area contributed by atoms with E-state index < -0.39 is 0 Å². The van der Waals surface area contributed by atoms with E-state index in [-0.39, 0.29) is 0 Å². The number of nitrogens with two attached hydrogens (primary N) is 1. The van der Waals surface area contributed by atoms with Gasteiger partial charge in [0.2, 0.25) is 5.88 Å². The van der Waals surface area contributed by atoms with Crippen LogP contribution in [0.15, 0.2) is 36.5 Å². The molecule has 18 heavy (non-hydrogen) atoms. The number of ether oxygens (including phenoxy) is 1. The van der Waals surface area contributed by atoms with E-state index in [4.69, 9.17) is 10.5 Å². The van der Waals surface area contributed by atoms with Crippen LogP contribution in [-0.4, -0.2) is 12.1 Å². The van der Waals surface area contributed by atoms with E-state index in [0.717, 1.165) is 11.1 Å². The Morgan fingerprint density at radius 1 is 1.17 bits per heavy atom. The highest BCUT2D eigenvalue weighted by molar-refractivity contribution is 5.71. The molecule has 3 heteroatoms. The summed E-state index contributed by atoms with van der Waals surface area (Å²) in [7, 11) is 1.62. The van der Waals surface area contributed by atoms with Crippen molar-refractivity contribution in [1.29, 1.82) is 0 Å². The Morgan fingerprint density at radius 3 is 2.39 bits per heavy atom. The van der Waals surface area contributed by atoms with Crippen molar-refractivity contribution in [3.05, 3.63) is 42.1 Å². The molecule has 2 rings (SSSR count). The standard InChI is InChI=1S/C15H18N2O/c1-10(2)11-4-6-12(7-5-11)14-8-13(16)9-17-15(14)18-3/h4-10H,16H2,1-3H3. The van der Waals surface area contributed by atoms with Crippen LogP contribution in [-0.2, 0) is 0 Å². The zero-order valence-corrected chi connectivity index (χ0v) is 11.0. The van der Waals surface area contributed by atoms with Gasteiger partial charge in [-0.15, -0.1) is 0 Å². The normalized spacial score (nSPS) is 10.7. The molecule has 0 saturated heterocycles. The number of hydrogen-bond donors (Lipinski definition) is 1. The molecule has 0 aliphatic carbocycles. The van der Waals surface area contributed by atoms with E-state index in [1.165, 1.54) is 5.56 Å². The van der Waals surface area contributed by atoms with E-state index in [2.05, 4.69) is 43.1 Å². The maximum absolute atomic E-state index is 5.78. The average molecular weight is 242 g/mol. The lowest BCUT2D eigenvalue weighted by Crippen LogP contribution is -1.95. The summed E-state index contributed by atoms with van der Waals surface area (Å²) in [6.45, 7) is 4.36. The zero-order chi connectivity index (χ0) is 13.1. The number of anilines is 1. The van der Waals surface area contributed by atoms with Gasteiger partial charge in [-0.25, -0.2) is 4.98 Å². The number of aromatic nitrogens is 1. The number of methoxy groups -OCH3 is 1. The van der Waals surface area contributed by atoms with Gasteiger partial charge in [0.15, 0.2) is 0 Å². The van der Waals surface area contributed by atoms with Gasteiger partial charge in [-0.2, -0.15) is 0 Å². The molecule has 0 saturated carbocycles. The third-order valence-electron chi connectivity index (χ3n) is 2.95. The Morgan fingerprint density at radius 2 is 1.83 bits per heavy atom. The molecule has 1 heterocycles. The van der Waals surface area contributed by atoms with E-state index in [0.29, 0.717) is 17.5 Å². The zero-order valence-electron chi connectivity index (χ0n) is 11.0. The Kier molecular flexibility index (Phi) is 3.51. The predicted molar refractivity (Wildman–Crippen MR) is 74.7 cm³/mol. The summed E-state index contributed by atoms with van der Waals surface area (Å²) >= 11 is 0. The number of hydrogen-bond acceptors (Lipinski definition) is 3. The largest absolute Gasteiger partial charge is 0.481 e. The van der Waals surface area contributed by atoms with Gasteiger partial charge in [0, 0.05) is 5.56 Å². The minimum atomic E-state index is 0.528.